The normalized spacial score (nSPS) is 19.7. The Morgan fingerprint density at radius 2 is 1.61 bits per heavy atom. The van der Waals surface area contributed by atoms with Crippen LogP contribution in [0.5, 0.6) is 5.75 Å². The Morgan fingerprint density at radius 1 is 0.921 bits per heavy atom. The fourth-order valence-electron chi connectivity index (χ4n) is 6.02. The Hall–Kier alpha value is -3.38. The average molecular weight is 534 g/mol. The molecule has 2 aliphatic rings. The summed E-state index contributed by atoms with van der Waals surface area (Å²) in [5.41, 5.74) is 6.84. The molecular weight excluding hydrogens is 498 g/mol. The molecule has 6 nitrogen and oxygen atoms in total. The molecule has 5 rings (SSSR count). The van der Waals surface area contributed by atoms with E-state index in [1.54, 1.807) is 0 Å². The minimum Gasteiger partial charge on any atom is -0.506 e. The van der Waals surface area contributed by atoms with Gasteiger partial charge in [-0.1, -0.05) is 86.9 Å². The molecule has 2 amide bonds. The van der Waals surface area contributed by atoms with Crippen molar-refractivity contribution in [3.05, 3.63) is 76.3 Å². The fraction of sp³-hybridized carbons (Fsp3) is 0.387. The summed E-state index contributed by atoms with van der Waals surface area (Å²) in [6.07, 6.45) is 13.1. The second-order valence-corrected chi connectivity index (χ2v) is 10.8. The number of hydrogen-bond acceptors (Lipinski definition) is 4. The van der Waals surface area contributed by atoms with Crippen LogP contribution in [0.1, 0.15) is 84.1 Å². The highest BCUT2D eigenvalue weighted by Crippen LogP contribution is 2.38. The molecule has 0 spiro atoms. The average Bonchev–Trinajstić information content (AvgIpc) is 2.95. The molecule has 0 aliphatic heterocycles. The van der Waals surface area contributed by atoms with Crippen LogP contribution in [0.3, 0.4) is 0 Å². The van der Waals surface area contributed by atoms with Crippen molar-refractivity contribution in [3.8, 4) is 5.75 Å². The number of carbonyl (C=O) groups excluding carboxylic acids is 2. The lowest BCUT2D eigenvalue weighted by Crippen LogP contribution is -2.45. The third kappa shape index (κ3) is 6.54. The highest BCUT2D eigenvalue weighted by atomic mass is 35.5. The van der Waals surface area contributed by atoms with Gasteiger partial charge in [0.15, 0.2) is 0 Å². The van der Waals surface area contributed by atoms with Gasteiger partial charge in [-0.15, -0.1) is 0 Å². The van der Waals surface area contributed by atoms with Crippen LogP contribution in [-0.2, 0) is 0 Å². The van der Waals surface area contributed by atoms with Crippen molar-refractivity contribution in [2.24, 2.45) is 17.6 Å². The Balaban J connectivity index is 0.000000257. The van der Waals surface area contributed by atoms with E-state index < -0.39 is 5.91 Å². The van der Waals surface area contributed by atoms with Gasteiger partial charge in [0.1, 0.15) is 5.75 Å². The number of primary amides is 1. The Kier molecular flexibility index (Phi) is 9.40. The van der Waals surface area contributed by atoms with Gasteiger partial charge in [-0.3, -0.25) is 9.59 Å². The molecule has 7 heteroatoms. The molecule has 0 saturated heterocycles. The van der Waals surface area contributed by atoms with Crippen molar-refractivity contribution in [2.45, 2.75) is 63.8 Å². The van der Waals surface area contributed by atoms with Gasteiger partial charge in [-0.2, -0.15) is 0 Å². The molecule has 5 N–H and O–H groups in total. The summed E-state index contributed by atoms with van der Waals surface area (Å²) in [5, 5.41) is 22.0. The quantitative estimate of drug-likeness (QED) is 0.269. The summed E-state index contributed by atoms with van der Waals surface area (Å²) in [5.74, 6) is 0.871. The zero-order valence-electron chi connectivity index (χ0n) is 21.6. The lowest BCUT2D eigenvalue weighted by atomic mass is 9.71. The maximum absolute atomic E-state index is 13.2. The summed E-state index contributed by atoms with van der Waals surface area (Å²) in [4.78, 5) is 23.7. The van der Waals surface area contributed by atoms with Crippen LogP contribution in [-0.4, -0.2) is 29.2 Å². The number of nitrogens with one attached hydrogen (secondary N) is 2. The molecule has 200 valence electrons. The first-order chi connectivity index (χ1) is 18.4. The number of carbonyl (C=O) groups is 2. The van der Waals surface area contributed by atoms with E-state index in [4.69, 9.17) is 27.9 Å². The van der Waals surface area contributed by atoms with E-state index in [1.165, 1.54) is 75.8 Å². The number of hydrogen-bond donors (Lipinski definition) is 4. The second kappa shape index (κ2) is 12.9. The lowest BCUT2D eigenvalue weighted by Gasteiger charge is -2.39. The Labute approximate surface area is 229 Å². The van der Waals surface area contributed by atoms with Gasteiger partial charge in [0.2, 0.25) is 5.91 Å². The minimum absolute atomic E-state index is 0.0513. The van der Waals surface area contributed by atoms with Crippen LogP contribution in [0.4, 0.5) is 0 Å². The van der Waals surface area contributed by atoms with E-state index >= 15 is 0 Å². The SMILES string of the molecule is N=Cc1ccc(C(=O)NC2CCCCC2C2CCCCC2)c2ccccc12.NC(=O)c1ccc(O)c(Cl)c1. The smallest absolute Gasteiger partial charge is 0.252 e. The molecule has 0 aromatic heterocycles. The first-order valence-corrected chi connectivity index (χ1v) is 13.9. The summed E-state index contributed by atoms with van der Waals surface area (Å²) >= 11 is 5.50. The Morgan fingerprint density at radius 3 is 2.29 bits per heavy atom. The fourth-order valence-corrected chi connectivity index (χ4v) is 6.20. The molecule has 0 bridgehead atoms. The molecule has 3 aromatic rings. The Bertz CT molecular complexity index is 1300. The van der Waals surface area contributed by atoms with Crippen LogP contribution in [0.25, 0.3) is 10.8 Å². The van der Waals surface area contributed by atoms with Gasteiger partial charge in [0.25, 0.3) is 5.91 Å². The summed E-state index contributed by atoms with van der Waals surface area (Å²) < 4.78 is 0. The lowest BCUT2D eigenvalue weighted by molar-refractivity contribution is 0.0860. The first kappa shape index (κ1) is 27.6. The van der Waals surface area contributed by atoms with Crippen molar-refractivity contribution < 1.29 is 14.7 Å². The van der Waals surface area contributed by atoms with Gasteiger partial charge in [0, 0.05) is 23.4 Å². The van der Waals surface area contributed by atoms with E-state index in [-0.39, 0.29) is 22.2 Å². The number of phenolic OH excluding ortho intramolecular Hbond substituents is 1. The third-order valence-corrected chi connectivity index (χ3v) is 8.28. The molecule has 0 heterocycles. The number of phenols is 1. The number of rotatable bonds is 5. The summed E-state index contributed by atoms with van der Waals surface area (Å²) in [6, 6.07) is 16.1. The molecule has 2 aliphatic carbocycles. The molecule has 2 fully saturated rings. The highest BCUT2D eigenvalue weighted by Gasteiger charge is 2.33. The summed E-state index contributed by atoms with van der Waals surface area (Å²) in [7, 11) is 0. The first-order valence-electron chi connectivity index (χ1n) is 13.5. The second-order valence-electron chi connectivity index (χ2n) is 10.3. The minimum atomic E-state index is -0.563. The van der Waals surface area contributed by atoms with Crippen molar-refractivity contribution in [1.82, 2.24) is 5.32 Å². The maximum Gasteiger partial charge on any atom is 0.252 e. The van der Waals surface area contributed by atoms with E-state index in [1.807, 2.05) is 36.4 Å². The topological polar surface area (TPSA) is 116 Å². The number of amides is 2. The largest absolute Gasteiger partial charge is 0.506 e. The van der Waals surface area contributed by atoms with Crippen molar-refractivity contribution in [1.29, 1.82) is 5.41 Å². The van der Waals surface area contributed by atoms with E-state index in [0.29, 0.717) is 12.0 Å². The number of nitrogens with two attached hydrogens (primary N) is 1. The van der Waals surface area contributed by atoms with Gasteiger partial charge < -0.3 is 21.6 Å². The van der Waals surface area contributed by atoms with Crippen molar-refractivity contribution in [3.63, 3.8) is 0 Å². The zero-order chi connectivity index (χ0) is 27.1. The molecule has 0 radical (unpaired) electrons. The molecule has 38 heavy (non-hydrogen) atoms. The van der Waals surface area contributed by atoms with Gasteiger partial charge in [0.05, 0.1) is 5.02 Å². The molecule has 2 atom stereocenters. The monoisotopic (exact) mass is 533 g/mol. The number of aromatic hydroxyl groups is 1. The zero-order valence-corrected chi connectivity index (χ0v) is 22.3. The van der Waals surface area contributed by atoms with Gasteiger partial charge in [-0.05, 0) is 65.3 Å². The van der Waals surface area contributed by atoms with Crippen LogP contribution in [0.15, 0.2) is 54.6 Å². The van der Waals surface area contributed by atoms with Crippen molar-refractivity contribution >= 4 is 40.4 Å². The molecule has 2 unspecified atom stereocenters. The van der Waals surface area contributed by atoms with Crippen LogP contribution in [0, 0.1) is 17.2 Å². The van der Waals surface area contributed by atoms with E-state index in [9.17, 15) is 9.59 Å². The van der Waals surface area contributed by atoms with Crippen molar-refractivity contribution in [2.75, 3.05) is 0 Å². The van der Waals surface area contributed by atoms with E-state index in [0.717, 1.165) is 34.2 Å². The number of fused-ring (bicyclic) bond motifs is 1. The maximum atomic E-state index is 13.2. The molecular formula is C31H36ClN3O3. The standard InChI is InChI=1S/C24H30N2O.C7H6ClNO2/c25-16-18-14-15-22(21-12-5-4-10-19(18)21)24(27)26-23-13-7-6-11-20(23)17-8-2-1-3-9-17;8-5-3-4(7(9)11)1-2-6(5)10/h4-5,10,12,14-17,20,23,25H,1-3,6-9,11,13H2,(H,26,27);1-3,10H,(H2,9,11). The van der Waals surface area contributed by atoms with Crippen LogP contribution >= 0.6 is 11.6 Å². The molecule has 3 aromatic carbocycles. The number of halogens is 1. The van der Waals surface area contributed by atoms with Gasteiger partial charge in [-0.25, -0.2) is 0 Å². The number of benzene rings is 3. The summed E-state index contributed by atoms with van der Waals surface area (Å²) in [6.45, 7) is 0. The van der Waals surface area contributed by atoms with Crippen LogP contribution in [0.2, 0.25) is 5.02 Å². The third-order valence-electron chi connectivity index (χ3n) is 7.98. The molecule has 2 saturated carbocycles. The van der Waals surface area contributed by atoms with E-state index in [2.05, 4.69) is 5.32 Å². The predicted molar refractivity (Wildman–Crippen MR) is 153 cm³/mol. The van der Waals surface area contributed by atoms with Crippen LogP contribution < -0.4 is 11.1 Å². The predicted octanol–water partition coefficient (Wildman–Crippen LogP) is 6.85. The van der Waals surface area contributed by atoms with Gasteiger partial charge >= 0.3 is 0 Å². The highest BCUT2D eigenvalue weighted by molar-refractivity contribution is 6.32.